The summed E-state index contributed by atoms with van der Waals surface area (Å²) in [5, 5.41) is 10.7. The van der Waals surface area contributed by atoms with Gasteiger partial charge in [-0.2, -0.15) is 5.10 Å². The van der Waals surface area contributed by atoms with Gasteiger partial charge in [-0.15, -0.1) is 0 Å². The van der Waals surface area contributed by atoms with Gasteiger partial charge in [0.05, 0.1) is 6.20 Å². The Morgan fingerprint density at radius 3 is 2.87 bits per heavy atom. The minimum Gasteiger partial charge on any atom is -0.444 e. The Hall–Kier alpha value is -1.56. The molecular formula is C17H30N4O2. The third kappa shape index (κ3) is 6.22. The zero-order chi connectivity index (χ0) is 16.9. The minimum absolute atomic E-state index is 0.321. The summed E-state index contributed by atoms with van der Waals surface area (Å²) in [4.78, 5) is 11.8. The fourth-order valence-corrected chi connectivity index (χ4v) is 3.08. The van der Waals surface area contributed by atoms with Crippen LogP contribution in [0.3, 0.4) is 0 Å². The maximum atomic E-state index is 11.8. The highest BCUT2D eigenvalue weighted by Crippen LogP contribution is 2.25. The summed E-state index contributed by atoms with van der Waals surface area (Å²) in [5.41, 5.74) is 0.808. The number of nitrogens with zero attached hydrogens (tertiary/aromatic N) is 2. The van der Waals surface area contributed by atoms with E-state index in [-0.39, 0.29) is 6.09 Å². The number of hydrogen-bond acceptors (Lipinski definition) is 4. The van der Waals surface area contributed by atoms with Crippen LogP contribution in [0, 0.1) is 5.92 Å². The molecule has 0 aromatic carbocycles. The summed E-state index contributed by atoms with van der Waals surface area (Å²) in [6.07, 6.45) is 8.17. The van der Waals surface area contributed by atoms with Gasteiger partial charge in [0.1, 0.15) is 5.60 Å². The number of amides is 1. The summed E-state index contributed by atoms with van der Waals surface area (Å²) >= 11 is 0. The van der Waals surface area contributed by atoms with E-state index in [0.717, 1.165) is 19.4 Å². The first-order valence-electron chi connectivity index (χ1n) is 8.51. The van der Waals surface area contributed by atoms with E-state index in [1.165, 1.54) is 18.4 Å². The lowest BCUT2D eigenvalue weighted by Crippen LogP contribution is -2.41. The summed E-state index contributed by atoms with van der Waals surface area (Å²) in [6, 6.07) is 0.474. The molecule has 1 aromatic heterocycles. The van der Waals surface area contributed by atoms with Gasteiger partial charge in [0.25, 0.3) is 0 Å². The number of carbonyl (C=O) groups excluding carboxylic acids is 1. The topological polar surface area (TPSA) is 68.2 Å². The summed E-state index contributed by atoms with van der Waals surface area (Å²) < 4.78 is 7.13. The van der Waals surface area contributed by atoms with Crippen LogP contribution >= 0.6 is 0 Å². The van der Waals surface area contributed by atoms with Crippen molar-refractivity contribution in [2.24, 2.45) is 13.0 Å². The third-order valence-electron chi connectivity index (χ3n) is 4.15. The highest BCUT2D eigenvalue weighted by atomic mass is 16.6. The first-order valence-corrected chi connectivity index (χ1v) is 8.51. The second-order valence-corrected chi connectivity index (χ2v) is 7.41. The van der Waals surface area contributed by atoms with E-state index in [2.05, 4.69) is 21.9 Å². The number of carbonyl (C=O) groups is 1. The Balaban J connectivity index is 1.69. The van der Waals surface area contributed by atoms with E-state index >= 15 is 0 Å². The Morgan fingerprint density at radius 1 is 1.43 bits per heavy atom. The van der Waals surface area contributed by atoms with E-state index in [1.807, 2.05) is 38.7 Å². The molecule has 1 saturated carbocycles. The standard InChI is InChI=1S/C17H30N4O2/c1-17(2,3)23-16(22)19-11-14-6-5-7-15(14)18-9-8-13-10-20-21(4)12-13/h10,12,14-15,18H,5-9,11H2,1-4H3,(H,19,22). The third-order valence-corrected chi connectivity index (χ3v) is 4.15. The average molecular weight is 322 g/mol. The molecule has 6 heteroatoms. The van der Waals surface area contributed by atoms with Crippen molar-refractivity contribution < 1.29 is 9.53 Å². The highest BCUT2D eigenvalue weighted by Gasteiger charge is 2.27. The van der Waals surface area contributed by atoms with Crippen LogP contribution in [0.1, 0.15) is 45.6 Å². The molecule has 2 unspecified atom stereocenters. The highest BCUT2D eigenvalue weighted by molar-refractivity contribution is 5.67. The molecule has 0 spiro atoms. The molecule has 6 nitrogen and oxygen atoms in total. The van der Waals surface area contributed by atoms with Crippen LogP contribution in [0.2, 0.25) is 0 Å². The van der Waals surface area contributed by atoms with Crippen molar-refractivity contribution in [2.45, 2.75) is 58.1 Å². The molecule has 1 aliphatic rings. The van der Waals surface area contributed by atoms with E-state index in [0.29, 0.717) is 18.5 Å². The maximum Gasteiger partial charge on any atom is 0.407 e. The Morgan fingerprint density at radius 2 is 2.22 bits per heavy atom. The molecular weight excluding hydrogens is 292 g/mol. The van der Waals surface area contributed by atoms with Crippen molar-refractivity contribution in [3.05, 3.63) is 18.0 Å². The molecule has 1 heterocycles. The Labute approximate surface area is 139 Å². The van der Waals surface area contributed by atoms with E-state index in [4.69, 9.17) is 4.74 Å². The number of alkyl carbamates (subject to hydrolysis) is 1. The largest absolute Gasteiger partial charge is 0.444 e. The molecule has 2 N–H and O–H groups in total. The van der Waals surface area contributed by atoms with Gasteiger partial charge < -0.3 is 15.4 Å². The number of nitrogens with one attached hydrogen (secondary N) is 2. The molecule has 2 atom stereocenters. The predicted octanol–water partition coefficient (Wildman–Crippen LogP) is 2.25. The summed E-state index contributed by atoms with van der Waals surface area (Å²) in [5.74, 6) is 0.483. The number of aryl methyl sites for hydroxylation is 1. The van der Waals surface area contributed by atoms with Crippen LogP contribution in [0.5, 0.6) is 0 Å². The molecule has 1 aliphatic carbocycles. The lowest BCUT2D eigenvalue weighted by molar-refractivity contribution is 0.0517. The van der Waals surface area contributed by atoms with Gasteiger partial charge in [0, 0.05) is 25.8 Å². The molecule has 0 bridgehead atoms. The molecule has 0 radical (unpaired) electrons. The van der Waals surface area contributed by atoms with Crippen LogP contribution in [-0.4, -0.2) is 40.6 Å². The molecule has 0 aliphatic heterocycles. The number of aromatic nitrogens is 2. The van der Waals surface area contributed by atoms with Crippen molar-refractivity contribution in [3.63, 3.8) is 0 Å². The first kappa shape index (κ1) is 17.8. The van der Waals surface area contributed by atoms with Crippen molar-refractivity contribution in [1.29, 1.82) is 0 Å². The van der Waals surface area contributed by atoms with Crippen LogP contribution < -0.4 is 10.6 Å². The Bertz CT molecular complexity index is 507. The monoisotopic (exact) mass is 322 g/mol. The average Bonchev–Trinajstić information content (AvgIpc) is 3.04. The molecule has 130 valence electrons. The zero-order valence-corrected chi connectivity index (χ0v) is 14.8. The predicted molar refractivity (Wildman–Crippen MR) is 90.3 cm³/mol. The van der Waals surface area contributed by atoms with Gasteiger partial charge in [0.15, 0.2) is 0 Å². The second-order valence-electron chi connectivity index (χ2n) is 7.41. The second kappa shape index (κ2) is 7.81. The summed E-state index contributed by atoms with van der Waals surface area (Å²) in [6.45, 7) is 7.26. The fourth-order valence-electron chi connectivity index (χ4n) is 3.08. The van der Waals surface area contributed by atoms with E-state index in [9.17, 15) is 4.79 Å². The zero-order valence-electron chi connectivity index (χ0n) is 14.8. The van der Waals surface area contributed by atoms with Gasteiger partial charge in [-0.1, -0.05) is 6.42 Å². The lowest BCUT2D eigenvalue weighted by atomic mass is 10.0. The van der Waals surface area contributed by atoms with Gasteiger partial charge >= 0.3 is 6.09 Å². The van der Waals surface area contributed by atoms with Gasteiger partial charge in [-0.05, 0) is 58.1 Å². The lowest BCUT2D eigenvalue weighted by Gasteiger charge is -2.23. The molecule has 2 rings (SSSR count). The van der Waals surface area contributed by atoms with Gasteiger partial charge in [0.2, 0.25) is 0 Å². The molecule has 1 amide bonds. The first-order chi connectivity index (χ1) is 10.8. The molecule has 1 fully saturated rings. The Kier molecular flexibility index (Phi) is 6.04. The van der Waals surface area contributed by atoms with E-state index < -0.39 is 5.60 Å². The quantitative estimate of drug-likeness (QED) is 0.843. The molecule has 0 saturated heterocycles. The number of ether oxygens (including phenoxy) is 1. The van der Waals surface area contributed by atoms with Crippen LogP contribution in [-0.2, 0) is 18.2 Å². The van der Waals surface area contributed by atoms with Crippen LogP contribution in [0.25, 0.3) is 0 Å². The number of rotatable bonds is 6. The molecule has 1 aromatic rings. The molecule has 23 heavy (non-hydrogen) atoms. The van der Waals surface area contributed by atoms with Crippen molar-refractivity contribution in [3.8, 4) is 0 Å². The summed E-state index contributed by atoms with van der Waals surface area (Å²) in [7, 11) is 1.94. The van der Waals surface area contributed by atoms with Crippen molar-refractivity contribution in [1.82, 2.24) is 20.4 Å². The number of hydrogen-bond donors (Lipinski definition) is 2. The SMILES string of the molecule is Cn1cc(CCNC2CCCC2CNC(=O)OC(C)(C)C)cn1. The van der Waals surface area contributed by atoms with Gasteiger partial charge in [-0.3, -0.25) is 4.68 Å². The smallest absolute Gasteiger partial charge is 0.407 e. The fraction of sp³-hybridized carbons (Fsp3) is 0.765. The maximum absolute atomic E-state index is 11.8. The van der Waals surface area contributed by atoms with Crippen molar-refractivity contribution >= 4 is 6.09 Å². The van der Waals surface area contributed by atoms with Gasteiger partial charge in [-0.25, -0.2) is 4.79 Å². The normalized spacial score (nSPS) is 21.4. The van der Waals surface area contributed by atoms with Crippen molar-refractivity contribution in [2.75, 3.05) is 13.1 Å². The van der Waals surface area contributed by atoms with Crippen LogP contribution in [0.15, 0.2) is 12.4 Å². The van der Waals surface area contributed by atoms with E-state index in [1.54, 1.807) is 0 Å². The minimum atomic E-state index is -0.443. The van der Waals surface area contributed by atoms with Crippen LogP contribution in [0.4, 0.5) is 4.79 Å².